The van der Waals surface area contributed by atoms with Gasteiger partial charge in [-0.3, -0.25) is 9.59 Å². The van der Waals surface area contributed by atoms with E-state index in [1.54, 1.807) is 17.0 Å². The Bertz CT molecular complexity index is 448. The smallest absolute Gasteiger partial charge is 0.307 e. The molecule has 104 valence electrons. The first kappa shape index (κ1) is 15.5. The highest BCUT2D eigenvalue weighted by atomic mass is 35.5. The standard InChI is InChI=1S/C14H18ClNO3/c1-3-16(8-7-14(18)19-2)13(17)10-11-5-4-6-12(15)9-11/h4-6,9H,3,7-8,10H2,1-2H3. The molecule has 0 aliphatic heterocycles. The van der Waals surface area contributed by atoms with Crippen molar-refractivity contribution in [3.63, 3.8) is 0 Å². The van der Waals surface area contributed by atoms with Gasteiger partial charge in [-0.1, -0.05) is 23.7 Å². The predicted molar refractivity (Wildman–Crippen MR) is 74.0 cm³/mol. The molecular weight excluding hydrogens is 266 g/mol. The Kier molecular flexibility index (Phi) is 6.36. The number of halogens is 1. The summed E-state index contributed by atoms with van der Waals surface area (Å²) in [6, 6.07) is 7.21. The Morgan fingerprint density at radius 1 is 1.37 bits per heavy atom. The summed E-state index contributed by atoms with van der Waals surface area (Å²) in [4.78, 5) is 24.8. The molecule has 1 amide bonds. The zero-order chi connectivity index (χ0) is 14.3. The number of likely N-dealkylation sites (N-methyl/N-ethyl adjacent to an activating group) is 1. The molecule has 0 unspecified atom stereocenters. The van der Waals surface area contributed by atoms with Crippen LogP contribution >= 0.6 is 11.6 Å². The molecule has 0 radical (unpaired) electrons. The highest BCUT2D eigenvalue weighted by Crippen LogP contribution is 2.12. The molecule has 0 atom stereocenters. The van der Waals surface area contributed by atoms with Gasteiger partial charge in [0, 0.05) is 18.1 Å². The first-order chi connectivity index (χ1) is 9.06. The lowest BCUT2D eigenvalue weighted by atomic mass is 10.1. The maximum Gasteiger partial charge on any atom is 0.307 e. The van der Waals surface area contributed by atoms with Crippen LogP contribution in [0.25, 0.3) is 0 Å². The van der Waals surface area contributed by atoms with Gasteiger partial charge in [0.15, 0.2) is 0 Å². The molecule has 0 heterocycles. The second-order valence-electron chi connectivity index (χ2n) is 4.11. The lowest BCUT2D eigenvalue weighted by molar-refractivity contribution is -0.141. The van der Waals surface area contributed by atoms with E-state index in [1.807, 2.05) is 19.1 Å². The molecule has 0 aliphatic carbocycles. The molecule has 0 N–H and O–H groups in total. The molecule has 5 heteroatoms. The fraction of sp³-hybridized carbons (Fsp3) is 0.429. The summed E-state index contributed by atoms with van der Waals surface area (Å²) in [7, 11) is 1.34. The third kappa shape index (κ3) is 5.30. The van der Waals surface area contributed by atoms with Crippen LogP contribution in [0.1, 0.15) is 18.9 Å². The molecule has 1 rings (SSSR count). The average Bonchev–Trinajstić information content (AvgIpc) is 2.39. The second-order valence-corrected chi connectivity index (χ2v) is 4.54. The number of methoxy groups -OCH3 is 1. The zero-order valence-corrected chi connectivity index (χ0v) is 11.9. The van der Waals surface area contributed by atoms with Gasteiger partial charge in [-0.25, -0.2) is 0 Å². The highest BCUT2D eigenvalue weighted by Gasteiger charge is 2.14. The molecule has 0 spiro atoms. The molecular formula is C14H18ClNO3. The predicted octanol–water partition coefficient (Wildman–Crippen LogP) is 2.29. The SMILES string of the molecule is CCN(CCC(=O)OC)C(=O)Cc1cccc(Cl)c1. The number of rotatable bonds is 6. The molecule has 0 bridgehead atoms. The zero-order valence-electron chi connectivity index (χ0n) is 11.2. The fourth-order valence-corrected chi connectivity index (χ4v) is 1.93. The van der Waals surface area contributed by atoms with Gasteiger partial charge in [0.05, 0.1) is 20.0 Å². The summed E-state index contributed by atoms with van der Waals surface area (Å²) in [6.07, 6.45) is 0.501. The minimum absolute atomic E-state index is 0.0198. The number of amides is 1. The molecule has 19 heavy (non-hydrogen) atoms. The van der Waals surface area contributed by atoms with Crippen molar-refractivity contribution in [2.75, 3.05) is 20.2 Å². The van der Waals surface area contributed by atoms with Crippen LogP contribution in [0.2, 0.25) is 5.02 Å². The monoisotopic (exact) mass is 283 g/mol. The number of carbonyl (C=O) groups excluding carboxylic acids is 2. The summed E-state index contributed by atoms with van der Waals surface area (Å²) in [6.45, 7) is 2.83. The van der Waals surface area contributed by atoms with Crippen LogP contribution in [-0.4, -0.2) is 37.0 Å². The Morgan fingerprint density at radius 2 is 2.11 bits per heavy atom. The van der Waals surface area contributed by atoms with Crippen molar-refractivity contribution < 1.29 is 14.3 Å². The minimum Gasteiger partial charge on any atom is -0.469 e. The van der Waals surface area contributed by atoms with Crippen molar-refractivity contribution in [1.29, 1.82) is 0 Å². The van der Waals surface area contributed by atoms with Crippen LogP contribution in [-0.2, 0) is 20.7 Å². The van der Waals surface area contributed by atoms with Crippen molar-refractivity contribution in [3.8, 4) is 0 Å². The molecule has 0 saturated heterocycles. The van der Waals surface area contributed by atoms with Crippen LogP contribution in [0.3, 0.4) is 0 Å². The number of hydrogen-bond donors (Lipinski definition) is 0. The average molecular weight is 284 g/mol. The Hall–Kier alpha value is -1.55. The van der Waals surface area contributed by atoms with E-state index in [0.717, 1.165) is 5.56 Å². The van der Waals surface area contributed by atoms with E-state index in [2.05, 4.69) is 4.74 Å². The summed E-state index contributed by atoms with van der Waals surface area (Å²) in [5.74, 6) is -0.331. The number of benzene rings is 1. The topological polar surface area (TPSA) is 46.6 Å². The normalized spacial score (nSPS) is 10.1. The maximum atomic E-state index is 12.1. The van der Waals surface area contributed by atoms with Crippen LogP contribution in [0, 0.1) is 0 Å². The Labute approximate surface area is 118 Å². The molecule has 0 aromatic heterocycles. The quantitative estimate of drug-likeness (QED) is 0.753. The lowest BCUT2D eigenvalue weighted by Gasteiger charge is -2.20. The van der Waals surface area contributed by atoms with Crippen LogP contribution in [0.15, 0.2) is 24.3 Å². The molecule has 0 saturated carbocycles. The van der Waals surface area contributed by atoms with Crippen molar-refractivity contribution in [2.45, 2.75) is 19.8 Å². The van der Waals surface area contributed by atoms with Gasteiger partial charge >= 0.3 is 5.97 Å². The van der Waals surface area contributed by atoms with Gasteiger partial charge in [-0.15, -0.1) is 0 Å². The summed E-state index contributed by atoms with van der Waals surface area (Å²) >= 11 is 5.88. The van der Waals surface area contributed by atoms with Crippen molar-refractivity contribution in [2.24, 2.45) is 0 Å². The summed E-state index contributed by atoms with van der Waals surface area (Å²) in [5.41, 5.74) is 0.869. The maximum absolute atomic E-state index is 12.1. The number of hydrogen-bond acceptors (Lipinski definition) is 3. The van der Waals surface area contributed by atoms with E-state index in [4.69, 9.17) is 11.6 Å². The number of nitrogens with zero attached hydrogens (tertiary/aromatic N) is 1. The van der Waals surface area contributed by atoms with E-state index < -0.39 is 0 Å². The highest BCUT2D eigenvalue weighted by molar-refractivity contribution is 6.30. The number of ether oxygens (including phenoxy) is 1. The summed E-state index contributed by atoms with van der Waals surface area (Å²) in [5, 5.41) is 0.614. The molecule has 0 fully saturated rings. The van der Waals surface area contributed by atoms with Gasteiger partial charge in [0.2, 0.25) is 5.91 Å². The molecule has 4 nitrogen and oxygen atoms in total. The van der Waals surface area contributed by atoms with E-state index >= 15 is 0 Å². The Balaban J connectivity index is 2.56. The molecule has 1 aromatic carbocycles. The molecule has 1 aromatic rings. The third-order valence-electron chi connectivity index (χ3n) is 2.79. The van der Waals surface area contributed by atoms with E-state index in [-0.39, 0.29) is 24.7 Å². The molecule has 0 aliphatic rings. The van der Waals surface area contributed by atoms with Crippen LogP contribution < -0.4 is 0 Å². The van der Waals surface area contributed by atoms with Crippen molar-refractivity contribution in [3.05, 3.63) is 34.9 Å². The fourth-order valence-electron chi connectivity index (χ4n) is 1.72. The largest absolute Gasteiger partial charge is 0.469 e. The van der Waals surface area contributed by atoms with E-state index in [9.17, 15) is 9.59 Å². The van der Waals surface area contributed by atoms with Crippen LogP contribution in [0.4, 0.5) is 0 Å². The first-order valence-corrected chi connectivity index (χ1v) is 6.53. The van der Waals surface area contributed by atoms with Gasteiger partial charge in [0.1, 0.15) is 0 Å². The van der Waals surface area contributed by atoms with Gasteiger partial charge in [-0.05, 0) is 24.6 Å². The first-order valence-electron chi connectivity index (χ1n) is 6.15. The number of esters is 1. The Morgan fingerprint density at radius 3 is 2.68 bits per heavy atom. The van der Waals surface area contributed by atoms with E-state index in [0.29, 0.717) is 18.1 Å². The summed E-state index contributed by atoms with van der Waals surface area (Å²) < 4.78 is 4.56. The van der Waals surface area contributed by atoms with Gasteiger partial charge in [-0.2, -0.15) is 0 Å². The minimum atomic E-state index is -0.311. The lowest BCUT2D eigenvalue weighted by Crippen LogP contribution is -2.34. The van der Waals surface area contributed by atoms with Crippen molar-refractivity contribution >= 4 is 23.5 Å². The third-order valence-corrected chi connectivity index (χ3v) is 3.03. The van der Waals surface area contributed by atoms with Gasteiger partial charge in [0.25, 0.3) is 0 Å². The van der Waals surface area contributed by atoms with Crippen LogP contribution in [0.5, 0.6) is 0 Å². The number of carbonyl (C=O) groups is 2. The van der Waals surface area contributed by atoms with Crippen molar-refractivity contribution in [1.82, 2.24) is 4.90 Å². The van der Waals surface area contributed by atoms with E-state index in [1.165, 1.54) is 7.11 Å². The van der Waals surface area contributed by atoms with Gasteiger partial charge < -0.3 is 9.64 Å². The second kappa shape index (κ2) is 7.79.